The monoisotopic (exact) mass is 265 g/mol. The van der Waals surface area contributed by atoms with E-state index in [2.05, 4.69) is 33.0 Å². The molecule has 2 nitrogen and oxygen atoms in total. The van der Waals surface area contributed by atoms with Gasteiger partial charge in [0.05, 0.1) is 0 Å². The highest BCUT2D eigenvalue weighted by molar-refractivity contribution is 5.31. The molecule has 106 valence electrons. The van der Waals surface area contributed by atoms with E-state index in [0.29, 0.717) is 23.8 Å². The third kappa shape index (κ3) is 3.93. The van der Waals surface area contributed by atoms with Crippen LogP contribution in [0.2, 0.25) is 0 Å². The Bertz CT molecular complexity index is 425. The van der Waals surface area contributed by atoms with Gasteiger partial charge in [-0.15, -0.1) is 0 Å². The molecule has 0 amide bonds. The predicted molar refractivity (Wildman–Crippen MR) is 76.2 cm³/mol. The molecule has 1 aromatic carbocycles. The molecule has 0 aliphatic heterocycles. The fourth-order valence-corrected chi connectivity index (χ4v) is 2.45. The Labute approximate surface area is 115 Å². The number of hydrogen-bond acceptors (Lipinski definition) is 2. The van der Waals surface area contributed by atoms with Crippen LogP contribution in [-0.2, 0) is 0 Å². The highest BCUT2D eigenvalue weighted by atomic mass is 19.1. The van der Waals surface area contributed by atoms with Crippen LogP contribution in [0.25, 0.3) is 0 Å². The Balaban J connectivity index is 1.91. The molecule has 0 saturated heterocycles. The van der Waals surface area contributed by atoms with Crippen molar-refractivity contribution in [2.45, 2.75) is 64.6 Å². The number of benzene rings is 1. The van der Waals surface area contributed by atoms with Gasteiger partial charge in [-0.25, -0.2) is 4.39 Å². The third-order valence-corrected chi connectivity index (χ3v) is 3.53. The van der Waals surface area contributed by atoms with Crippen molar-refractivity contribution in [1.82, 2.24) is 5.32 Å². The van der Waals surface area contributed by atoms with Gasteiger partial charge in [0.1, 0.15) is 17.7 Å². The van der Waals surface area contributed by atoms with E-state index >= 15 is 0 Å². The lowest BCUT2D eigenvalue weighted by molar-refractivity contribution is 0.0811. The fraction of sp³-hybridized carbons (Fsp3) is 0.625. The normalized spacial score (nSPS) is 22.7. The molecule has 0 heterocycles. The molecule has 0 atom stereocenters. The Hall–Kier alpha value is -1.09. The minimum atomic E-state index is -0.211. The van der Waals surface area contributed by atoms with Crippen molar-refractivity contribution in [1.29, 1.82) is 0 Å². The maximum Gasteiger partial charge on any atom is 0.127 e. The molecule has 19 heavy (non-hydrogen) atoms. The number of nitrogens with one attached hydrogen (secondary N) is 1. The molecule has 0 bridgehead atoms. The van der Waals surface area contributed by atoms with Crippen LogP contribution in [0.3, 0.4) is 0 Å². The fourth-order valence-electron chi connectivity index (χ4n) is 2.45. The lowest BCUT2D eigenvalue weighted by atomic mass is 9.88. The van der Waals surface area contributed by atoms with E-state index in [1.165, 1.54) is 6.07 Å². The topological polar surface area (TPSA) is 21.3 Å². The minimum absolute atomic E-state index is 0.211. The Kier molecular flexibility index (Phi) is 4.46. The summed E-state index contributed by atoms with van der Waals surface area (Å²) in [6.07, 6.45) is 2.23. The van der Waals surface area contributed by atoms with Crippen LogP contribution in [0.15, 0.2) is 18.2 Å². The second-order valence-corrected chi connectivity index (χ2v) is 6.10. The summed E-state index contributed by atoms with van der Waals surface area (Å²) in [5, 5.41) is 3.48. The van der Waals surface area contributed by atoms with Gasteiger partial charge in [0.2, 0.25) is 0 Å². The first-order valence-corrected chi connectivity index (χ1v) is 7.17. The summed E-state index contributed by atoms with van der Waals surface area (Å²) in [5.41, 5.74) is 0.992. The summed E-state index contributed by atoms with van der Waals surface area (Å²) in [6.45, 7) is 8.42. The molecule has 1 saturated carbocycles. The van der Waals surface area contributed by atoms with Crippen molar-refractivity contribution < 1.29 is 9.13 Å². The van der Waals surface area contributed by atoms with Gasteiger partial charge in [-0.1, -0.05) is 27.7 Å². The van der Waals surface area contributed by atoms with Crippen LogP contribution in [0.5, 0.6) is 5.75 Å². The molecule has 1 aliphatic carbocycles. The largest absolute Gasteiger partial charge is 0.490 e. The van der Waals surface area contributed by atoms with Gasteiger partial charge in [0.15, 0.2) is 0 Å². The summed E-state index contributed by atoms with van der Waals surface area (Å²) < 4.78 is 19.4. The summed E-state index contributed by atoms with van der Waals surface area (Å²) in [7, 11) is 0. The van der Waals surface area contributed by atoms with Gasteiger partial charge < -0.3 is 10.1 Å². The van der Waals surface area contributed by atoms with Crippen LogP contribution in [0.4, 0.5) is 4.39 Å². The first-order chi connectivity index (χ1) is 8.94. The standard InChI is InChI=1S/C16H24FNO/c1-10(2)12-5-13(17)7-15(6-12)19-16-8-14(9-16)18-11(3)4/h5-7,10-11,14,16,18H,8-9H2,1-4H3/t14-,16+. The van der Waals surface area contributed by atoms with Crippen LogP contribution < -0.4 is 10.1 Å². The second-order valence-electron chi connectivity index (χ2n) is 6.10. The maximum absolute atomic E-state index is 13.5. The smallest absolute Gasteiger partial charge is 0.127 e. The van der Waals surface area contributed by atoms with E-state index in [1.807, 2.05) is 6.07 Å². The van der Waals surface area contributed by atoms with E-state index in [-0.39, 0.29) is 11.9 Å². The average molecular weight is 265 g/mol. The van der Waals surface area contributed by atoms with E-state index in [9.17, 15) is 4.39 Å². The average Bonchev–Trinajstić information content (AvgIpc) is 2.24. The Morgan fingerprint density at radius 1 is 1.16 bits per heavy atom. The molecular formula is C16H24FNO. The van der Waals surface area contributed by atoms with Gasteiger partial charge >= 0.3 is 0 Å². The number of halogens is 1. The zero-order valence-electron chi connectivity index (χ0n) is 12.2. The van der Waals surface area contributed by atoms with E-state index < -0.39 is 0 Å². The minimum Gasteiger partial charge on any atom is -0.490 e. The maximum atomic E-state index is 13.5. The summed E-state index contributed by atoms with van der Waals surface area (Å²) in [4.78, 5) is 0. The van der Waals surface area contributed by atoms with Gasteiger partial charge in [0.25, 0.3) is 0 Å². The van der Waals surface area contributed by atoms with E-state index in [1.54, 1.807) is 6.07 Å². The highest BCUT2D eigenvalue weighted by Gasteiger charge is 2.31. The molecule has 3 heteroatoms. The molecule has 1 aromatic rings. The quantitative estimate of drug-likeness (QED) is 0.873. The first-order valence-electron chi connectivity index (χ1n) is 7.17. The number of ether oxygens (including phenoxy) is 1. The molecule has 0 unspecified atom stereocenters. The van der Waals surface area contributed by atoms with Crippen molar-refractivity contribution >= 4 is 0 Å². The zero-order valence-corrected chi connectivity index (χ0v) is 12.2. The molecule has 2 rings (SSSR count). The number of hydrogen-bond donors (Lipinski definition) is 1. The van der Waals surface area contributed by atoms with E-state index in [0.717, 1.165) is 18.4 Å². The molecule has 1 fully saturated rings. The van der Waals surface area contributed by atoms with Gasteiger partial charge in [0, 0.05) is 18.2 Å². The molecule has 0 spiro atoms. The van der Waals surface area contributed by atoms with Gasteiger partial charge in [-0.3, -0.25) is 0 Å². The van der Waals surface area contributed by atoms with Crippen molar-refractivity contribution in [3.63, 3.8) is 0 Å². The lowest BCUT2D eigenvalue weighted by Crippen LogP contribution is -2.49. The molecule has 0 radical (unpaired) electrons. The second kappa shape index (κ2) is 5.91. The van der Waals surface area contributed by atoms with Gasteiger partial charge in [-0.05, 0) is 36.5 Å². The van der Waals surface area contributed by atoms with Gasteiger partial charge in [-0.2, -0.15) is 0 Å². The zero-order chi connectivity index (χ0) is 14.0. The highest BCUT2D eigenvalue weighted by Crippen LogP contribution is 2.29. The van der Waals surface area contributed by atoms with Crippen LogP contribution in [0, 0.1) is 5.82 Å². The molecule has 1 N–H and O–H groups in total. The molecule has 1 aliphatic rings. The molecule has 0 aromatic heterocycles. The Morgan fingerprint density at radius 2 is 1.84 bits per heavy atom. The lowest BCUT2D eigenvalue weighted by Gasteiger charge is -2.37. The first kappa shape index (κ1) is 14.3. The van der Waals surface area contributed by atoms with Crippen molar-refractivity contribution in [3.05, 3.63) is 29.6 Å². The summed E-state index contributed by atoms with van der Waals surface area (Å²) in [5.74, 6) is 0.767. The Morgan fingerprint density at radius 3 is 2.42 bits per heavy atom. The molecular weight excluding hydrogens is 241 g/mol. The SMILES string of the molecule is CC(C)N[C@H]1C[C@@H](Oc2cc(F)cc(C(C)C)c2)C1. The third-order valence-electron chi connectivity index (χ3n) is 3.53. The van der Waals surface area contributed by atoms with Crippen molar-refractivity contribution in [3.8, 4) is 5.75 Å². The van der Waals surface area contributed by atoms with Crippen LogP contribution in [0.1, 0.15) is 52.0 Å². The number of rotatable bonds is 5. The van der Waals surface area contributed by atoms with Crippen LogP contribution in [-0.4, -0.2) is 18.2 Å². The van der Waals surface area contributed by atoms with Crippen LogP contribution >= 0.6 is 0 Å². The van der Waals surface area contributed by atoms with Crippen molar-refractivity contribution in [2.75, 3.05) is 0 Å². The van der Waals surface area contributed by atoms with E-state index in [4.69, 9.17) is 4.74 Å². The summed E-state index contributed by atoms with van der Waals surface area (Å²) >= 11 is 0. The predicted octanol–water partition coefficient (Wildman–Crippen LogP) is 3.86. The van der Waals surface area contributed by atoms with Crippen molar-refractivity contribution in [2.24, 2.45) is 0 Å². The summed E-state index contributed by atoms with van der Waals surface area (Å²) in [6, 6.07) is 6.07.